The van der Waals surface area contributed by atoms with E-state index in [2.05, 4.69) is 33.7 Å². The molecule has 2 N–H and O–H groups in total. The molecule has 0 radical (unpaired) electrons. The summed E-state index contributed by atoms with van der Waals surface area (Å²) in [6.45, 7) is 9.62. The topological polar surface area (TPSA) is 91.6 Å². The number of aromatic nitrogens is 2. The fourth-order valence-corrected chi connectivity index (χ4v) is 3.70. The third-order valence-corrected chi connectivity index (χ3v) is 5.22. The Kier molecular flexibility index (Phi) is 7.81. The third kappa shape index (κ3) is 5.71. The van der Waals surface area contributed by atoms with Crippen molar-refractivity contribution >= 4 is 17.8 Å². The van der Waals surface area contributed by atoms with Gasteiger partial charge in [0.05, 0.1) is 16.8 Å². The molecule has 0 aliphatic carbocycles. The van der Waals surface area contributed by atoms with E-state index in [1.165, 1.54) is 10.6 Å². The highest BCUT2D eigenvalue weighted by atomic mass is 16.2. The van der Waals surface area contributed by atoms with Crippen LogP contribution in [-0.2, 0) is 6.54 Å². The summed E-state index contributed by atoms with van der Waals surface area (Å²) in [5.74, 6) is 0.411. The molecule has 0 fully saturated rings. The van der Waals surface area contributed by atoms with Gasteiger partial charge in [-0.3, -0.25) is 24.2 Å². The molecule has 0 spiro atoms. The lowest BCUT2D eigenvalue weighted by atomic mass is 10.1. The first kappa shape index (κ1) is 22.5. The quantitative estimate of drug-likeness (QED) is 0.265. The summed E-state index contributed by atoms with van der Waals surface area (Å²) in [4.78, 5) is 30.8. The number of imide groups is 1. The zero-order chi connectivity index (χ0) is 22.2. The molecule has 8 heteroatoms. The Bertz CT molecular complexity index is 914. The molecule has 1 aliphatic rings. The van der Waals surface area contributed by atoms with Gasteiger partial charge in [-0.05, 0) is 58.2 Å². The second kappa shape index (κ2) is 10.7. The Morgan fingerprint density at radius 2 is 1.71 bits per heavy atom. The molecule has 1 aliphatic heterocycles. The van der Waals surface area contributed by atoms with Crippen LogP contribution in [0, 0.1) is 13.8 Å². The van der Waals surface area contributed by atoms with Crippen LogP contribution < -0.4 is 10.6 Å². The van der Waals surface area contributed by atoms with Crippen molar-refractivity contribution in [1.82, 2.24) is 25.3 Å². The van der Waals surface area contributed by atoms with E-state index in [1.807, 2.05) is 18.5 Å². The van der Waals surface area contributed by atoms with E-state index in [1.54, 1.807) is 24.3 Å². The number of hydrogen-bond donors (Lipinski definition) is 2. The van der Waals surface area contributed by atoms with E-state index in [0.29, 0.717) is 24.2 Å². The molecule has 2 heterocycles. The minimum Gasteiger partial charge on any atom is -0.357 e. The Morgan fingerprint density at radius 3 is 2.32 bits per heavy atom. The number of benzene rings is 1. The number of carbonyl (C=O) groups excluding carboxylic acids is 2. The Morgan fingerprint density at radius 1 is 1.00 bits per heavy atom. The smallest absolute Gasteiger partial charge is 0.261 e. The molecule has 2 amide bonds. The predicted octanol–water partition coefficient (Wildman–Crippen LogP) is 2.52. The van der Waals surface area contributed by atoms with Gasteiger partial charge in [-0.25, -0.2) is 0 Å². The molecular weight excluding hydrogens is 392 g/mol. The van der Waals surface area contributed by atoms with Crippen molar-refractivity contribution < 1.29 is 9.59 Å². The molecule has 8 nitrogen and oxygen atoms in total. The minimum atomic E-state index is -0.189. The van der Waals surface area contributed by atoms with Gasteiger partial charge in [0, 0.05) is 38.4 Å². The summed E-state index contributed by atoms with van der Waals surface area (Å²) in [5.41, 5.74) is 3.22. The summed E-state index contributed by atoms with van der Waals surface area (Å²) >= 11 is 0. The van der Waals surface area contributed by atoms with Gasteiger partial charge in [0.1, 0.15) is 0 Å². The maximum absolute atomic E-state index is 12.4. The monoisotopic (exact) mass is 424 g/mol. The zero-order valence-corrected chi connectivity index (χ0v) is 18.6. The first-order chi connectivity index (χ1) is 15.0. The number of hydrogen-bond acceptors (Lipinski definition) is 4. The van der Waals surface area contributed by atoms with Crippen LogP contribution >= 0.6 is 0 Å². The molecule has 0 unspecified atom stereocenters. The molecule has 3 rings (SSSR count). The van der Waals surface area contributed by atoms with Crippen LogP contribution in [0.4, 0.5) is 0 Å². The van der Waals surface area contributed by atoms with Crippen molar-refractivity contribution in [3.63, 3.8) is 0 Å². The Balaban J connectivity index is 1.37. The predicted molar refractivity (Wildman–Crippen MR) is 121 cm³/mol. The first-order valence-electron chi connectivity index (χ1n) is 11.0. The highest BCUT2D eigenvalue weighted by Crippen LogP contribution is 2.22. The van der Waals surface area contributed by atoms with Gasteiger partial charge >= 0.3 is 0 Å². The van der Waals surface area contributed by atoms with E-state index in [0.717, 1.165) is 50.6 Å². The molecule has 0 saturated heterocycles. The molecule has 0 bridgehead atoms. The number of fused-ring (bicyclic) bond motifs is 1. The number of aryl methyl sites for hydroxylation is 3. The number of carbonyl (C=O) groups is 2. The maximum atomic E-state index is 12.4. The van der Waals surface area contributed by atoms with Crippen LogP contribution in [0.2, 0.25) is 0 Å². The summed E-state index contributed by atoms with van der Waals surface area (Å²) in [5, 5.41) is 11.1. The van der Waals surface area contributed by atoms with Crippen molar-refractivity contribution in [3.05, 3.63) is 52.8 Å². The van der Waals surface area contributed by atoms with Gasteiger partial charge in [-0.2, -0.15) is 5.10 Å². The SMILES string of the molecule is CCNC(=NCCCn1nc(C)cc1C)NCCCCN1C(=O)c2ccccc2C1=O. The summed E-state index contributed by atoms with van der Waals surface area (Å²) < 4.78 is 2.02. The lowest BCUT2D eigenvalue weighted by Gasteiger charge is -2.14. The Labute approximate surface area is 183 Å². The molecule has 1 aromatic heterocycles. The maximum Gasteiger partial charge on any atom is 0.261 e. The largest absolute Gasteiger partial charge is 0.357 e. The zero-order valence-electron chi connectivity index (χ0n) is 18.6. The number of unbranched alkanes of at least 4 members (excludes halogenated alkanes) is 1. The average Bonchev–Trinajstić information content (AvgIpc) is 3.20. The van der Waals surface area contributed by atoms with Crippen molar-refractivity contribution in [2.45, 2.75) is 46.6 Å². The highest BCUT2D eigenvalue weighted by molar-refractivity contribution is 6.21. The summed E-state index contributed by atoms with van der Waals surface area (Å²) in [7, 11) is 0. The number of nitrogens with one attached hydrogen (secondary N) is 2. The molecule has 1 aromatic carbocycles. The van der Waals surface area contributed by atoms with E-state index in [9.17, 15) is 9.59 Å². The van der Waals surface area contributed by atoms with Gasteiger partial charge in [0.25, 0.3) is 11.8 Å². The van der Waals surface area contributed by atoms with E-state index in [4.69, 9.17) is 0 Å². The van der Waals surface area contributed by atoms with Crippen molar-refractivity contribution in [2.75, 3.05) is 26.2 Å². The molecule has 2 aromatic rings. The van der Waals surface area contributed by atoms with Gasteiger partial charge in [-0.1, -0.05) is 12.1 Å². The first-order valence-corrected chi connectivity index (χ1v) is 11.0. The van der Waals surface area contributed by atoms with Crippen LogP contribution in [-0.4, -0.2) is 58.6 Å². The second-order valence-corrected chi connectivity index (χ2v) is 7.71. The minimum absolute atomic E-state index is 0.189. The lowest BCUT2D eigenvalue weighted by Crippen LogP contribution is -2.38. The molecular formula is C23H32N6O2. The number of nitrogens with zero attached hydrogens (tertiary/aromatic N) is 4. The number of guanidine groups is 1. The van der Waals surface area contributed by atoms with Crippen molar-refractivity contribution in [3.8, 4) is 0 Å². The van der Waals surface area contributed by atoms with Crippen molar-refractivity contribution in [2.24, 2.45) is 4.99 Å². The van der Waals surface area contributed by atoms with Crippen LogP contribution in [0.25, 0.3) is 0 Å². The molecule has 0 atom stereocenters. The molecule has 31 heavy (non-hydrogen) atoms. The Hall–Kier alpha value is -3.16. The van der Waals surface area contributed by atoms with Crippen LogP contribution in [0.5, 0.6) is 0 Å². The fraction of sp³-hybridized carbons (Fsp3) is 0.478. The molecule has 0 saturated carbocycles. The van der Waals surface area contributed by atoms with Crippen LogP contribution in [0.1, 0.15) is 58.3 Å². The third-order valence-electron chi connectivity index (χ3n) is 5.22. The van der Waals surface area contributed by atoms with E-state index in [-0.39, 0.29) is 11.8 Å². The van der Waals surface area contributed by atoms with Crippen LogP contribution in [0.3, 0.4) is 0 Å². The van der Waals surface area contributed by atoms with Crippen LogP contribution in [0.15, 0.2) is 35.3 Å². The van der Waals surface area contributed by atoms with Gasteiger partial charge in [0.15, 0.2) is 5.96 Å². The van der Waals surface area contributed by atoms with Gasteiger partial charge in [0.2, 0.25) is 0 Å². The van der Waals surface area contributed by atoms with E-state index >= 15 is 0 Å². The fourth-order valence-electron chi connectivity index (χ4n) is 3.70. The number of rotatable bonds is 10. The number of aliphatic imine (C=N–C) groups is 1. The summed E-state index contributed by atoms with van der Waals surface area (Å²) in [6.07, 6.45) is 2.50. The van der Waals surface area contributed by atoms with Gasteiger partial charge < -0.3 is 10.6 Å². The number of amides is 2. The lowest BCUT2D eigenvalue weighted by molar-refractivity contribution is 0.0652. The van der Waals surface area contributed by atoms with Crippen molar-refractivity contribution in [1.29, 1.82) is 0 Å². The summed E-state index contributed by atoms with van der Waals surface area (Å²) in [6, 6.07) is 9.08. The molecule has 166 valence electrons. The standard InChI is InChI=1S/C23H32N6O2/c1-4-24-23(26-13-9-15-29-18(3)16-17(2)27-29)25-12-7-8-14-28-21(30)19-10-5-6-11-20(19)22(28)31/h5-6,10-11,16H,4,7-9,12-15H2,1-3H3,(H2,24,25,26). The highest BCUT2D eigenvalue weighted by Gasteiger charge is 2.34. The van der Waals surface area contributed by atoms with E-state index < -0.39 is 0 Å². The average molecular weight is 425 g/mol. The normalized spacial score (nSPS) is 13.6. The second-order valence-electron chi connectivity index (χ2n) is 7.71. The van der Waals surface area contributed by atoms with Gasteiger partial charge in [-0.15, -0.1) is 0 Å².